The Hall–Kier alpha value is -3.35. The Kier molecular flexibility index (Phi) is 14.6. The average molecular weight is 580 g/mol. The minimum absolute atomic E-state index is 0.164. The monoisotopic (exact) mass is 579 g/mol. The van der Waals surface area contributed by atoms with E-state index in [9.17, 15) is 14.4 Å². The normalized spacial score (nSPS) is 13.5. The molecule has 0 spiro atoms. The molecule has 0 heterocycles. The Morgan fingerprint density at radius 2 is 1.50 bits per heavy atom. The summed E-state index contributed by atoms with van der Waals surface area (Å²) in [4.78, 5) is 43.0. The number of nitrogens with one attached hydrogen (secondary N) is 2. The van der Waals surface area contributed by atoms with E-state index in [0.29, 0.717) is 19.5 Å². The fourth-order valence-electron chi connectivity index (χ4n) is 4.84. The zero-order valence-corrected chi connectivity index (χ0v) is 26.9. The van der Waals surface area contributed by atoms with E-state index in [-0.39, 0.29) is 17.7 Å². The molecule has 0 fully saturated rings. The van der Waals surface area contributed by atoms with Gasteiger partial charge in [-0.3, -0.25) is 9.59 Å². The van der Waals surface area contributed by atoms with E-state index in [1.165, 1.54) is 0 Å². The van der Waals surface area contributed by atoms with Crippen LogP contribution in [0.2, 0.25) is 0 Å². The van der Waals surface area contributed by atoms with Crippen molar-refractivity contribution in [1.82, 2.24) is 15.5 Å². The number of nitrogens with zero attached hydrogens (tertiary/aromatic N) is 1. The molecule has 0 bridgehead atoms. The number of amides is 3. The maximum atomic E-state index is 14.5. The standard InChI is InChI=1S/C35H53N3O4/c1-8-11-12-13-17-24-38(33(40)30(26(4)9-2)37-34(41)42-35(5,6)7)31(29-22-20-27(10-3)21-23-29)32(39)36-25-28-18-15-14-16-19-28/h14-16,18-23,26,30-31H,8-13,17,24-25H2,1-7H3,(H,36,39)(H,37,41). The first-order valence-electron chi connectivity index (χ1n) is 15.7. The van der Waals surface area contributed by atoms with Crippen molar-refractivity contribution in [2.24, 2.45) is 5.92 Å². The van der Waals surface area contributed by atoms with Crippen LogP contribution in [0.4, 0.5) is 4.79 Å². The number of unbranched alkanes of at least 4 members (excludes halogenated alkanes) is 4. The van der Waals surface area contributed by atoms with Crippen LogP contribution in [0.5, 0.6) is 0 Å². The summed E-state index contributed by atoms with van der Waals surface area (Å²) in [6.45, 7) is 14.3. The van der Waals surface area contributed by atoms with Gasteiger partial charge in [-0.05, 0) is 56.2 Å². The molecule has 0 aliphatic carbocycles. The molecule has 0 aliphatic rings. The Bertz CT molecular complexity index is 1100. The van der Waals surface area contributed by atoms with Gasteiger partial charge in [0.25, 0.3) is 0 Å². The van der Waals surface area contributed by atoms with Crippen LogP contribution in [0.15, 0.2) is 54.6 Å². The van der Waals surface area contributed by atoms with E-state index < -0.39 is 23.8 Å². The Morgan fingerprint density at radius 3 is 2.07 bits per heavy atom. The maximum Gasteiger partial charge on any atom is 0.408 e. The molecule has 2 aromatic rings. The number of hydrogen-bond donors (Lipinski definition) is 2. The molecule has 7 nitrogen and oxygen atoms in total. The first kappa shape index (κ1) is 34.8. The van der Waals surface area contributed by atoms with Crippen molar-refractivity contribution in [1.29, 1.82) is 0 Å². The summed E-state index contributed by atoms with van der Waals surface area (Å²) >= 11 is 0. The second-order valence-electron chi connectivity index (χ2n) is 12.2. The van der Waals surface area contributed by atoms with Crippen molar-refractivity contribution in [2.45, 2.75) is 118 Å². The summed E-state index contributed by atoms with van der Waals surface area (Å²) < 4.78 is 5.52. The third-order valence-corrected chi connectivity index (χ3v) is 7.51. The van der Waals surface area contributed by atoms with Crippen LogP contribution in [0.25, 0.3) is 0 Å². The molecule has 2 aromatic carbocycles. The minimum atomic E-state index is -0.842. The van der Waals surface area contributed by atoms with E-state index in [1.54, 1.807) is 25.7 Å². The molecule has 7 heteroatoms. The summed E-state index contributed by atoms with van der Waals surface area (Å²) in [7, 11) is 0. The molecular formula is C35H53N3O4. The molecule has 42 heavy (non-hydrogen) atoms. The summed E-state index contributed by atoms with van der Waals surface area (Å²) in [5.41, 5.74) is 2.18. The molecule has 0 saturated carbocycles. The topological polar surface area (TPSA) is 87.7 Å². The Morgan fingerprint density at radius 1 is 0.857 bits per heavy atom. The Labute approximate surface area is 253 Å². The quantitative estimate of drug-likeness (QED) is 0.204. The van der Waals surface area contributed by atoms with Gasteiger partial charge in [0, 0.05) is 13.1 Å². The number of aryl methyl sites for hydroxylation is 1. The Balaban J connectivity index is 2.49. The lowest BCUT2D eigenvalue weighted by Gasteiger charge is -2.36. The first-order chi connectivity index (χ1) is 20.0. The predicted molar refractivity (Wildman–Crippen MR) is 170 cm³/mol. The van der Waals surface area contributed by atoms with Gasteiger partial charge in [0.15, 0.2) is 0 Å². The molecule has 2 rings (SSSR count). The molecule has 0 aliphatic heterocycles. The zero-order chi connectivity index (χ0) is 31.1. The molecular weight excluding hydrogens is 526 g/mol. The van der Waals surface area contributed by atoms with E-state index in [4.69, 9.17) is 4.74 Å². The van der Waals surface area contributed by atoms with Crippen LogP contribution in [0.1, 0.15) is 110 Å². The molecule has 2 N–H and O–H groups in total. The molecule has 0 saturated heterocycles. The van der Waals surface area contributed by atoms with Crippen molar-refractivity contribution < 1.29 is 19.1 Å². The number of carbonyl (C=O) groups is 3. The molecule has 3 atom stereocenters. The van der Waals surface area contributed by atoms with Gasteiger partial charge < -0.3 is 20.3 Å². The van der Waals surface area contributed by atoms with E-state index in [0.717, 1.165) is 55.2 Å². The number of ether oxygens (including phenoxy) is 1. The van der Waals surface area contributed by atoms with Gasteiger partial charge in [-0.1, -0.05) is 114 Å². The van der Waals surface area contributed by atoms with Gasteiger partial charge in [0.1, 0.15) is 17.7 Å². The van der Waals surface area contributed by atoms with Crippen LogP contribution in [0.3, 0.4) is 0 Å². The molecule has 0 aromatic heterocycles. The van der Waals surface area contributed by atoms with Gasteiger partial charge in [-0.15, -0.1) is 0 Å². The number of hydrogen-bond acceptors (Lipinski definition) is 4. The zero-order valence-electron chi connectivity index (χ0n) is 26.9. The van der Waals surface area contributed by atoms with E-state index >= 15 is 0 Å². The van der Waals surface area contributed by atoms with Gasteiger partial charge >= 0.3 is 6.09 Å². The smallest absolute Gasteiger partial charge is 0.408 e. The fraction of sp³-hybridized carbons (Fsp3) is 0.571. The highest BCUT2D eigenvalue weighted by Gasteiger charge is 2.37. The highest BCUT2D eigenvalue weighted by atomic mass is 16.6. The summed E-state index contributed by atoms with van der Waals surface area (Å²) in [5, 5.41) is 5.93. The molecule has 3 amide bonds. The average Bonchev–Trinajstić information content (AvgIpc) is 2.97. The van der Waals surface area contributed by atoms with Crippen LogP contribution in [-0.4, -0.2) is 41.0 Å². The van der Waals surface area contributed by atoms with Gasteiger partial charge in [-0.25, -0.2) is 4.79 Å². The van der Waals surface area contributed by atoms with Crippen LogP contribution >= 0.6 is 0 Å². The third kappa shape index (κ3) is 11.5. The number of carbonyl (C=O) groups excluding carboxylic acids is 3. The van der Waals surface area contributed by atoms with Crippen molar-refractivity contribution in [3.8, 4) is 0 Å². The fourth-order valence-corrected chi connectivity index (χ4v) is 4.84. The summed E-state index contributed by atoms with van der Waals surface area (Å²) in [6, 6.07) is 16.0. The van der Waals surface area contributed by atoms with Crippen LogP contribution in [-0.2, 0) is 27.3 Å². The third-order valence-electron chi connectivity index (χ3n) is 7.51. The predicted octanol–water partition coefficient (Wildman–Crippen LogP) is 7.34. The van der Waals surface area contributed by atoms with Crippen molar-refractivity contribution in [3.63, 3.8) is 0 Å². The molecule has 232 valence electrons. The van der Waals surface area contributed by atoms with Gasteiger partial charge in [0.05, 0.1) is 0 Å². The highest BCUT2D eigenvalue weighted by molar-refractivity contribution is 5.92. The molecule has 0 radical (unpaired) electrons. The first-order valence-corrected chi connectivity index (χ1v) is 15.7. The second kappa shape index (κ2) is 17.6. The number of benzene rings is 2. The van der Waals surface area contributed by atoms with Crippen molar-refractivity contribution in [2.75, 3.05) is 6.54 Å². The van der Waals surface area contributed by atoms with Crippen LogP contribution in [0, 0.1) is 5.92 Å². The summed E-state index contributed by atoms with van der Waals surface area (Å²) in [5.74, 6) is -0.682. The maximum absolute atomic E-state index is 14.5. The highest BCUT2D eigenvalue weighted by Crippen LogP contribution is 2.26. The lowest BCUT2D eigenvalue weighted by atomic mass is 9.95. The number of alkyl carbamates (subject to hydrolysis) is 1. The summed E-state index contributed by atoms with van der Waals surface area (Å²) in [6.07, 6.45) is 5.95. The number of rotatable bonds is 16. The SMILES string of the molecule is CCCCCCCN(C(=O)C(NC(=O)OC(C)(C)C)C(C)CC)C(C(=O)NCc1ccccc1)c1ccc(CC)cc1. The molecule has 3 unspecified atom stereocenters. The second-order valence-corrected chi connectivity index (χ2v) is 12.2. The lowest BCUT2D eigenvalue weighted by Crippen LogP contribution is -2.55. The van der Waals surface area contributed by atoms with Gasteiger partial charge in [-0.2, -0.15) is 0 Å². The van der Waals surface area contributed by atoms with Crippen molar-refractivity contribution in [3.05, 3.63) is 71.3 Å². The van der Waals surface area contributed by atoms with E-state index in [2.05, 4.69) is 24.5 Å². The largest absolute Gasteiger partial charge is 0.444 e. The lowest BCUT2D eigenvalue weighted by molar-refractivity contribution is -0.143. The van der Waals surface area contributed by atoms with Gasteiger partial charge in [0.2, 0.25) is 11.8 Å². The van der Waals surface area contributed by atoms with Crippen LogP contribution < -0.4 is 10.6 Å². The van der Waals surface area contributed by atoms with E-state index in [1.807, 2.05) is 68.4 Å². The van der Waals surface area contributed by atoms with Crippen molar-refractivity contribution >= 4 is 17.9 Å². The minimum Gasteiger partial charge on any atom is -0.444 e.